The van der Waals surface area contributed by atoms with Crippen LogP contribution in [0, 0.1) is 0 Å². The number of aromatic nitrogens is 1. The average Bonchev–Trinajstić information content (AvgIpc) is 2.89. The van der Waals surface area contributed by atoms with Crippen LogP contribution in [-0.4, -0.2) is 60.5 Å². The van der Waals surface area contributed by atoms with Gasteiger partial charge in [0.2, 0.25) is 15.9 Å². The van der Waals surface area contributed by atoms with Crippen molar-refractivity contribution in [2.75, 3.05) is 19.8 Å². The Morgan fingerprint density at radius 2 is 2.20 bits per heavy atom. The smallest absolute Gasteiger partial charge is 0.352 e. The van der Waals surface area contributed by atoms with Crippen LogP contribution < -0.4 is 5.73 Å². The lowest BCUT2D eigenvalue weighted by Crippen LogP contribution is -2.54. The van der Waals surface area contributed by atoms with Gasteiger partial charge in [-0.1, -0.05) is 0 Å². The number of hydrogen-bond acceptors (Lipinski definition) is 5. The number of sulfonamides is 1. The number of carbonyl (C=O) groups excluding carboxylic acids is 1. The predicted molar refractivity (Wildman–Crippen MR) is 65.4 cm³/mol. The highest BCUT2D eigenvalue weighted by Gasteiger charge is 2.37. The first kappa shape index (κ1) is 14.5. The molecule has 1 aromatic heterocycles. The number of amides is 1. The number of aromatic amines is 1. The Bertz CT molecular complexity index is 637. The number of nitrogens with one attached hydrogen (secondary N) is 1. The summed E-state index contributed by atoms with van der Waals surface area (Å²) in [6, 6.07) is -0.109. The maximum atomic E-state index is 12.4. The first-order valence-electron chi connectivity index (χ1n) is 5.64. The van der Waals surface area contributed by atoms with Gasteiger partial charge in [-0.3, -0.25) is 4.79 Å². The zero-order chi connectivity index (χ0) is 14.9. The van der Waals surface area contributed by atoms with E-state index in [4.69, 9.17) is 15.6 Å². The second-order valence-corrected chi connectivity index (χ2v) is 6.05. The minimum absolute atomic E-state index is 0.0243. The third kappa shape index (κ3) is 2.53. The fourth-order valence-corrected chi connectivity index (χ4v) is 3.44. The number of ether oxygens (including phenoxy) is 1. The molecule has 1 aliphatic rings. The summed E-state index contributed by atoms with van der Waals surface area (Å²) >= 11 is 0. The Morgan fingerprint density at radius 1 is 1.50 bits per heavy atom. The molecular formula is C10H13N3O6S. The molecule has 0 radical (unpaired) electrons. The van der Waals surface area contributed by atoms with Gasteiger partial charge in [0.15, 0.2) is 0 Å². The first-order chi connectivity index (χ1) is 9.34. The van der Waals surface area contributed by atoms with Crippen molar-refractivity contribution in [3.05, 3.63) is 18.0 Å². The van der Waals surface area contributed by atoms with E-state index < -0.39 is 27.9 Å². The summed E-state index contributed by atoms with van der Waals surface area (Å²) in [5.74, 6) is -2.10. The topological polar surface area (TPSA) is 143 Å². The molecule has 0 spiro atoms. The maximum absolute atomic E-state index is 12.4. The van der Waals surface area contributed by atoms with E-state index in [1.165, 1.54) is 0 Å². The Balaban J connectivity index is 2.36. The van der Waals surface area contributed by atoms with Crippen LogP contribution in [-0.2, 0) is 19.6 Å². The third-order valence-corrected chi connectivity index (χ3v) is 4.79. The Morgan fingerprint density at radius 3 is 2.75 bits per heavy atom. The van der Waals surface area contributed by atoms with Gasteiger partial charge in [-0.2, -0.15) is 4.31 Å². The highest BCUT2D eigenvalue weighted by Crippen LogP contribution is 2.21. The van der Waals surface area contributed by atoms with Crippen molar-refractivity contribution in [1.82, 2.24) is 9.29 Å². The summed E-state index contributed by atoms with van der Waals surface area (Å²) in [5.41, 5.74) is 4.90. The number of carboxylic acids is 1. The number of aromatic carboxylic acids is 1. The number of carbonyl (C=O) groups is 2. The van der Waals surface area contributed by atoms with Crippen LogP contribution in [0.5, 0.6) is 0 Å². The molecule has 0 saturated carbocycles. The van der Waals surface area contributed by atoms with Crippen molar-refractivity contribution >= 4 is 21.9 Å². The number of carboxylic acid groups (broad SMARTS) is 1. The molecule has 20 heavy (non-hydrogen) atoms. The Labute approximate surface area is 114 Å². The minimum atomic E-state index is -4.01. The molecule has 0 bridgehead atoms. The molecule has 1 saturated heterocycles. The van der Waals surface area contributed by atoms with E-state index in [0.29, 0.717) is 0 Å². The number of morpholine rings is 1. The zero-order valence-corrected chi connectivity index (χ0v) is 11.1. The molecule has 9 nitrogen and oxygen atoms in total. The predicted octanol–water partition coefficient (Wildman–Crippen LogP) is -1.41. The fourth-order valence-electron chi connectivity index (χ4n) is 1.88. The summed E-state index contributed by atoms with van der Waals surface area (Å²) in [5, 5.41) is 8.78. The van der Waals surface area contributed by atoms with Crippen LogP contribution in [0.2, 0.25) is 0 Å². The summed E-state index contributed by atoms with van der Waals surface area (Å²) < 4.78 is 30.7. The average molecular weight is 303 g/mol. The molecule has 0 aliphatic carbocycles. The monoisotopic (exact) mass is 303 g/mol. The third-order valence-electron chi connectivity index (χ3n) is 2.90. The van der Waals surface area contributed by atoms with Gasteiger partial charge in [0.1, 0.15) is 16.6 Å². The lowest BCUT2D eigenvalue weighted by Gasteiger charge is -2.32. The number of rotatable bonds is 4. The van der Waals surface area contributed by atoms with Crippen molar-refractivity contribution in [2.24, 2.45) is 5.73 Å². The van der Waals surface area contributed by atoms with Gasteiger partial charge in [-0.25, -0.2) is 13.2 Å². The van der Waals surface area contributed by atoms with E-state index in [9.17, 15) is 18.0 Å². The van der Waals surface area contributed by atoms with Crippen LogP contribution in [0.25, 0.3) is 0 Å². The van der Waals surface area contributed by atoms with Crippen LogP contribution in [0.1, 0.15) is 10.5 Å². The van der Waals surface area contributed by atoms with Gasteiger partial charge < -0.3 is 20.6 Å². The van der Waals surface area contributed by atoms with Crippen molar-refractivity contribution in [1.29, 1.82) is 0 Å². The molecule has 1 atom stereocenters. The molecule has 1 amide bonds. The molecule has 2 heterocycles. The minimum Gasteiger partial charge on any atom is -0.477 e. The van der Waals surface area contributed by atoms with Crippen molar-refractivity contribution in [2.45, 2.75) is 10.9 Å². The molecule has 2 rings (SSSR count). The first-order valence-corrected chi connectivity index (χ1v) is 7.08. The van der Waals surface area contributed by atoms with Gasteiger partial charge in [0.25, 0.3) is 0 Å². The van der Waals surface area contributed by atoms with E-state index in [1.807, 2.05) is 0 Å². The molecule has 1 fully saturated rings. The standard InChI is InChI=1S/C10H13N3O6S/c11-9(14)8-5-19-2-1-13(8)20(17,18)6-3-7(10(15)16)12-4-6/h3-4,8,12H,1-2,5H2,(H2,11,14)(H,15,16). The van der Waals surface area contributed by atoms with E-state index in [-0.39, 0.29) is 30.3 Å². The van der Waals surface area contributed by atoms with Crippen LogP contribution >= 0.6 is 0 Å². The van der Waals surface area contributed by atoms with Gasteiger partial charge >= 0.3 is 5.97 Å². The molecule has 4 N–H and O–H groups in total. The van der Waals surface area contributed by atoms with Crippen molar-refractivity contribution < 1.29 is 27.9 Å². The Hall–Kier alpha value is -1.91. The number of H-pyrrole nitrogens is 1. The summed E-state index contributed by atoms with van der Waals surface area (Å²) in [6.07, 6.45) is 1.06. The van der Waals surface area contributed by atoms with Gasteiger partial charge in [-0.15, -0.1) is 0 Å². The van der Waals surface area contributed by atoms with E-state index in [0.717, 1.165) is 16.6 Å². The summed E-state index contributed by atoms with van der Waals surface area (Å²) in [4.78, 5) is 24.2. The molecule has 110 valence electrons. The van der Waals surface area contributed by atoms with Gasteiger partial charge in [0.05, 0.1) is 13.2 Å². The van der Waals surface area contributed by atoms with E-state index in [1.54, 1.807) is 0 Å². The van der Waals surface area contributed by atoms with E-state index >= 15 is 0 Å². The molecule has 1 aromatic rings. The number of primary amides is 1. The molecule has 0 aromatic carbocycles. The molecular weight excluding hydrogens is 290 g/mol. The SMILES string of the molecule is NC(=O)C1COCCN1S(=O)(=O)c1c[nH]c(C(=O)O)c1. The van der Waals surface area contributed by atoms with Crippen molar-refractivity contribution in [3.63, 3.8) is 0 Å². The number of nitrogens with zero attached hydrogens (tertiary/aromatic N) is 1. The number of hydrogen-bond donors (Lipinski definition) is 3. The van der Waals surface area contributed by atoms with Gasteiger partial charge in [-0.05, 0) is 6.07 Å². The highest BCUT2D eigenvalue weighted by atomic mass is 32.2. The summed E-state index contributed by atoms with van der Waals surface area (Å²) in [7, 11) is -4.01. The highest BCUT2D eigenvalue weighted by molar-refractivity contribution is 7.89. The van der Waals surface area contributed by atoms with E-state index in [2.05, 4.69) is 4.98 Å². The lowest BCUT2D eigenvalue weighted by molar-refractivity contribution is -0.125. The van der Waals surface area contributed by atoms with Gasteiger partial charge in [0, 0.05) is 12.7 Å². The Kier molecular flexibility index (Phi) is 3.79. The van der Waals surface area contributed by atoms with Crippen LogP contribution in [0.15, 0.2) is 17.2 Å². The molecule has 10 heteroatoms. The zero-order valence-electron chi connectivity index (χ0n) is 10.3. The quantitative estimate of drug-likeness (QED) is 0.623. The van der Waals surface area contributed by atoms with Crippen LogP contribution in [0.4, 0.5) is 0 Å². The maximum Gasteiger partial charge on any atom is 0.352 e. The normalized spacial score (nSPS) is 20.7. The second-order valence-electron chi connectivity index (χ2n) is 4.16. The summed E-state index contributed by atoms with van der Waals surface area (Å²) in [6.45, 7) is -0.00643. The second kappa shape index (κ2) is 5.23. The molecule has 1 aliphatic heterocycles. The largest absolute Gasteiger partial charge is 0.477 e. The lowest BCUT2D eigenvalue weighted by atomic mass is 10.3. The number of nitrogens with two attached hydrogens (primary N) is 1. The fraction of sp³-hybridized carbons (Fsp3) is 0.400. The molecule has 1 unspecified atom stereocenters. The van der Waals surface area contributed by atoms with Crippen LogP contribution in [0.3, 0.4) is 0 Å². The van der Waals surface area contributed by atoms with Crippen molar-refractivity contribution in [3.8, 4) is 0 Å².